The zero-order valence-electron chi connectivity index (χ0n) is 14.1. The first-order valence-electron chi connectivity index (χ1n) is 8.77. The summed E-state index contributed by atoms with van der Waals surface area (Å²) in [6, 6.07) is 15.5. The molecule has 0 unspecified atom stereocenters. The van der Waals surface area contributed by atoms with Crippen molar-refractivity contribution in [2.45, 2.75) is 18.9 Å². The number of likely N-dealkylation sites (tertiary alicyclic amines) is 1. The summed E-state index contributed by atoms with van der Waals surface area (Å²) in [6.45, 7) is 0.703. The molecule has 4 aromatic rings. The number of rotatable bonds is 2. The van der Waals surface area contributed by atoms with E-state index < -0.39 is 0 Å². The number of para-hydroxylation sites is 4. The van der Waals surface area contributed by atoms with Gasteiger partial charge in [-0.05, 0) is 37.1 Å². The lowest BCUT2D eigenvalue weighted by atomic mass is 10.2. The fourth-order valence-corrected chi connectivity index (χ4v) is 3.63. The SMILES string of the molecule is O=C(c1cnc2ccccc2n1)N1CCC[C@@H]1c1nc2ccccc2[nH]1. The van der Waals surface area contributed by atoms with Crippen molar-refractivity contribution in [3.8, 4) is 0 Å². The van der Waals surface area contributed by atoms with Gasteiger partial charge >= 0.3 is 0 Å². The number of aromatic amines is 1. The Hall–Kier alpha value is -3.28. The molecule has 1 atom stereocenters. The zero-order valence-corrected chi connectivity index (χ0v) is 14.1. The highest BCUT2D eigenvalue weighted by Crippen LogP contribution is 2.32. The Balaban J connectivity index is 1.49. The number of hydrogen-bond acceptors (Lipinski definition) is 4. The third kappa shape index (κ3) is 2.42. The first-order valence-corrected chi connectivity index (χ1v) is 8.77. The number of aromatic nitrogens is 4. The Kier molecular flexibility index (Phi) is 3.41. The normalized spacial score (nSPS) is 17.2. The van der Waals surface area contributed by atoms with Crippen LogP contribution in [-0.2, 0) is 0 Å². The van der Waals surface area contributed by atoms with Crippen LogP contribution < -0.4 is 0 Å². The van der Waals surface area contributed by atoms with E-state index in [-0.39, 0.29) is 11.9 Å². The number of nitrogens with zero attached hydrogens (tertiary/aromatic N) is 4. The van der Waals surface area contributed by atoms with E-state index in [1.165, 1.54) is 0 Å². The quantitative estimate of drug-likeness (QED) is 0.605. The molecule has 5 rings (SSSR count). The monoisotopic (exact) mass is 343 g/mol. The molecule has 0 saturated carbocycles. The minimum atomic E-state index is -0.0915. The van der Waals surface area contributed by atoms with E-state index in [4.69, 9.17) is 0 Å². The van der Waals surface area contributed by atoms with Crippen molar-refractivity contribution in [1.29, 1.82) is 0 Å². The van der Waals surface area contributed by atoms with Crippen LogP contribution in [0.4, 0.5) is 0 Å². The van der Waals surface area contributed by atoms with Crippen LogP contribution in [0, 0.1) is 0 Å². The summed E-state index contributed by atoms with van der Waals surface area (Å²) in [5, 5.41) is 0. The number of fused-ring (bicyclic) bond motifs is 2. The summed E-state index contributed by atoms with van der Waals surface area (Å²) in [5.41, 5.74) is 3.82. The number of H-pyrrole nitrogens is 1. The van der Waals surface area contributed by atoms with E-state index in [0.29, 0.717) is 12.2 Å². The van der Waals surface area contributed by atoms with E-state index in [9.17, 15) is 4.79 Å². The number of carbonyl (C=O) groups excluding carboxylic acids is 1. The van der Waals surface area contributed by atoms with Gasteiger partial charge in [-0.15, -0.1) is 0 Å². The molecule has 0 spiro atoms. The van der Waals surface area contributed by atoms with E-state index in [0.717, 1.165) is 40.7 Å². The fourth-order valence-electron chi connectivity index (χ4n) is 3.63. The number of benzene rings is 2. The molecule has 3 heterocycles. The molecule has 1 amide bonds. The van der Waals surface area contributed by atoms with Gasteiger partial charge in [-0.2, -0.15) is 0 Å². The smallest absolute Gasteiger partial charge is 0.274 e. The molecule has 0 radical (unpaired) electrons. The number of imidazole rings is 1. The summed E-state index contributed by atoms with van der Waals surface area (Å²) in [6.07, 6.45) is 3.42. The third-order valence-corrected chi connectivity index (χ3v) is 4.90. The van der Waals surface area contributed by atoms with Crippen LogP contribution in [0.5, 0.6) is 0 Å². The first kappa shape index (κ1) is 15.0. The summed E-state index contributed by atoms with van der Waals surface area (Å²) < 4.78 is 0. The van der Waals surface area contributed by atoms with Crippen molar-refractivity contribution < 1.29 is 4.79 Å². The minimum Gasteiger partial charge on any atom is -0.340 e. The molecule has 128 valence electrons. The topological polar surface area (TPSA) is 74.8 Å². The highest BCUT2D eigenvalue weighted by molar-refractivity contribution is 5.94. The maximum atomic E-state index is 13.1. The largest absolute Gasteiger partial charge is 0.340 e. The minimum absolute atomic E-state index is 0.0526. The molecule has 1 aliphatic heterocycles. The second kappa shape index (κ2) is 5.91. The number of amides is 1. The molecular formula is C20H17N5O. The number of nitrogens with one attached hydrogen (secondary N) is 1. The number of hydrogen-bond donors (Lipinski definition) is 1. The van der Waals surface area contributed by atoms with Gasteiger partial charge in [-0.3, -0.25) is 9.78 Å². The van der Waals surface area contributed by atoms with E-state index in [1.807, 2.05) is 53.4 Å². The molecule has 0 aliphatic carbocycles. The Morgan fingerprint density at radius 2 is 1.77 bits per heavy atom. The van der Waals surface area contributed by atoms with Gasteiger partial charge in [-0.1, -0.05) is 24.3 Å². The first-order chi connectivity index (χ1) is 12.8. The van der Waals surface area contributed by atoms with Gasteiger partial charge in [0, 0.05) is 6.54 Å². The zero-order chi connectivity index (χ0) is 17.5. The van der Waals surface area contributed by atoms with E-state index in [2.05, 4.69) is 19.9 Å². The van der Waals surface area contributed by atoms with Gasteiger partial charge in [0.1, 0.15) is 11.5 Å². The molecule has 2 aromatic heterocycles. The van der Waals surface area contributed by atoms with Crippen LogP contribution in [0.25, 0.3) is 22.1 Å². The van der Waals surface area contributed by atoms with Crippen LogP contribution in [0.15, 0.2) is 54.7 Å². The highest BCUT2D eigenvalue weighted by Gasteiger charge is 2.33. The number of carbonyl (C=O) groups is 1. The summed E-state index contributed by atoms with van der Waals surface area (Å²) >= 11 is 0. The molecule has 6 heteroatoms. The molecule has 1 N–H and O–H groups in total. The third-order valence-electron chi connectivity index (χ3n) is 4.90. The maximum Gasteiger partial charge on any atom is 0.274 e. The molecule has 1 aliphatic rings. The van der Waals surface area contributed by atoms with Crippen LogP contribution in [0.2, 0.25) is 0 Å². The summed E-state index contributed by atoms with van der Waals surface area (Å²) in [4.78, 5) is 31.9. The van der Waals surface area contributed by atoms with Crippen LogP contribution in [0.1, 0.15) is 35.2 Å². The Bertz CT molecular complexity index is 1090. The predicted molar refractivity (Wildman–Crippen MR) is 98.6 cm³/mol. The highest BCUT2D eigenvalue weighted by atomic mass is 16.2. The van der Waals surface area contributed by atoms with Crippen molar-refractivity contribution in [2.24, 2.45) is 0 Å². The molecule has 26 heavy (non-hydrogen) atoms. The van der Waals surface area contributed by atoms with Crippen molar-refractivity contribution in [2.75, 3.05) is 6.54 Å². The van der Waals surface area contributed by atoms with Gasteiger partial charge < -0.3 is 9.88 Å². The molecule has 0 bridgehead atoms. The Morgan fingerprint density at radius 1 is 1.00 bits per heavy atom. The predicted octanol–water partition coefficient (Wildman–Crippen LogP) is 3.48. The van der Waals surface area contributed by atoms with Crippen molar-refractivity contribution >= 4 is 28.0 Å². The van der Waals surface area contributed by atoms with Crippen molar-refractivity contribution in [3.63, 3.8) is 0 Å². The average Bonchev–Trinajstić information content (AvgIpc) is 3.33. The van der Waals surface area contributed by atoms with Crippen LogP contribution in [-0.4, -0.2) is 37.3 Å². The van der Waals surface area contributed by atoms with Gasteiger partial charge in [0.2, 0.25) is 0 Å². The molecule has 1 saturated heterocycles. The summed E-state index contributed by atoms with van der Waals surface area (Å²) in [5.74, 6) is 0.747. The second-order valence-corrected chi connectivity index (χ2v) is 6.54. The summed E-state index contributed by atoms with van der Waals surface area (Å²) in [7, 11) is 0. The van der Waals surface area contributed by atoms with Gasteiger partial charge in [0.25, 0.3) is 5.91 Å². The van der Waals surface area contributed by atoms with Crippen molar-refractivity contribution in [3.05, 3.63) is 66.2 Å². The molecular weight excluding hydrogens is 326 g/mol. The van der Waals surface area contributed by atoms with Crippen LogP contribution in [0.3, 0.4) is 0 Å². The standard InChI is InChI=1S/C20H17N5O/c26-20(17-12-21-13-6-1-2-7-14(13)22-17)25-11-5-10-18(25)19-23-15-8-3-4-9-16(15)24-19/h1-4,6-9,12,18H,5,10-11H2,(H,23,24)/t18-/m1/s1. The van der Waals surface area contributed by atoms with Crippen molar-refractivity contribution in [1.82, 2.24) is 24.8 Å². The second-order valence-electron chi connectivity index (χ2n) is 6.54. The average molecular weight is 343 g/mol. The lowest BCUT2D eigenvalue weighted by molar-refractivity contribution is 0.0724. The lowest BCUT2D eigenvalue weighted by Crippen LogP contribution is -2.31. The lowest BCUT2D eigenvalue weighted by Gasteiger charge is -2.22. The molecule has 1 fully saturated rings. The van der Waals surface area contributed by atoms with Crippen LogP contribution >= 0.6 is 0 Å². The fraction of sp³-hybridized carbons (Fsp3) is 0.200. The maximum absolute atomic E-state index is 13.1. The van der Waals surface area contributed by atoms with Gasteiger partial charge in [-0.25, -0.2) is 9.97 Å². The van der Waals surface area contributed by atoms with E-state index >= 15 is 0 Å². The van der Waals surface area contributed by atoms with E-state index in [1.54, 1.807) is 6.20 Å². The van der Waals surface area contributed by atoms with Gasteiger partial charge in [0.15, 0.2) is 0 Å². The molecule has 6 nitrogen and oxygen atoms in total. The van der Waals surface area contributed by atoms with Gasteiger partial charge in [0.05, 0.1) is 34.3 Å². The molecule has 2 aromatic carbocycles. The Labute approximate surface area is 149 Å². The Morgan fingerprint density at radius 3 is 2.62 bits per heavy atom.